The Morgan fingerprint density at radius 1 is 0.703 bits per heavy atom. The molecular weight excluding hydrogens is 488 g/mol. The minimum Gasteiger partial charge on any atom is -0.295 e. The summed E-state index contributed by atoms with van der Waals surface area (Å²) in [5.41, 5.74) is 2.74. The molecule has 0 saturated heterocycles. The van der Waals surface area contributed by atoms with E-state index in [1.807, 2.05) is 60.7 Å². The van der Waals surface area contributed by atoms with E-state index in [4.69, 9.17) is 0 Å². The Morgan fingerprint density at radius 3 is 1.38 bits per heavy atom. The lowest BCUT2D eigenvalue weighted by Crippen LogP contribution is -2.31. The molecule has 0 amide bonds. The van der Waals surface area contributed by atoms with Gasteiger partial charge in [0, 0.05) is 23.5 Å². The molecule has 192 valence electrons. The molecule has 8 nitrogen and oxygen atoms in total. The van der Waals surface area contributed by atoms with Gasteiger partial charge in [0.15, 0.2) is 21.7 Å². The first-order valence-corrected chi connectivity index (χ1v) is 13.5. The zero-order valence-corrected chi connectivity index (χ0v) is 22.1. The van der Waals surface area contributed by atoms with Crippen molar-refractivity contribution in [1.29, 1.82) is 0 Å². The van der Waals surface area contributed by atoms with Crippen molar-refractivity contribution < 1.29 is 18.0 Å². The predicted octanol–water partition coefficient (Wildman–Crippen LogP) is 4.21. The number of allylic oxidation sites excluding steroid dienone is 4. The first kappa shape index (κ1) is 26.2. The molecule has 2 unspecified atom stereocenters. The molecular formula is C28H30N4O4S. The lowest BCUT2D eigenvalue weighted by Gasteiger charge is -2.18. The average Bonchev–Trinajstić information content (AvgIpc) is 3.51. The van der Waals surface area contributed by atoms with E-state index in [0.29, 0.717) is 11.4 Å². The maximum absolute atomic E-state index is 14.3. The van der Waals surface area contributed by atoms with Crippen LogP contribution in [0, 0.1) is 0 Å². The number of sulfone groups is 1. The summed E-state index contributed by atoms with van der Waals surface area (Å²) in [6.45, 7) is 6.92. The zero-order valence-electron chi connectivity index (χ0n) is 21.3. The van der Waals surface area contributed by atoms with Gasteiger partial charge >= 0.3 is 0 Å². The second-order valence-corrected chi connectivity index (χ2v) is 11.1. The van der Waals surface area contributed by atoms with E-state index >= 15 is 0 Å². The zero-order chi connectivity index (χ0) is 26.7. The van der Waals surface area contributed by atoms with Gasteiger partial charge in [-0.05, 0) is 38.8 Å². The fourth-order valence-corrected chi connectivity index (χ4v) is 6.40. The van der Waals surface area contributed by atoms with Crippen molar-refractivity contribution in [3.63, 3.8) is 0 Å². The van der Waals surface area contributed by atoms with Crippen molar-refractivity contribution in [2.75, 3.05) is 13.1 Å². The van der Waals surface area contributed by atoms with Crippen molar-refractivity contribution in [3.8, 4) is 0 Å². The van der Waals surface area contributed by atoms with Gasteiger partial charge in [-0.3, -0.25) is 19.6 Å². The van der Waals surface area contributed by atoms with Gasteiger partial charge in [0.25, 0.3) is 0 Å². The third-order valence-electron chi connectivity index (χ3n) is 6.34. The van der Waals surface area contributed by atoms with Crippen LogP contribution in [0.2, 0.25) is 0 Å². The Kier molecular flexibility index (Phi) is 7.54. The van der Waals surface area contributed by atoms with Crippen LogP contribution >= 0.6 is 0 Å². The normalized spacial score (nSPS) is 20.6. The molecule has 0 aromatic heterocycles. The number of carbonyl (C=O) groups is 2. The minimum atomic E-state index is -4.13. The molecule has 2 heterocycles. The van der Waals surface area contributed by atoms with E-state index in [9.17, 15) is 18.0 Å². The van der Waals surface area contributed by atoms with E-state index in [1.54, 1.807) is 23.9 Å². The summed E-state index contributed by atoms with van der Waals surface area (Å²) in [5.74, 6) is -1.37. The molecule has 9 heteroatoms. The lowest BCUT2D eigenvalue weighted by atomic mass is 10.0. The quantitative estimate of drug-likeness (QED) is 0.531. The largest absolute Gasteiger partial charge is 0.295 e. The van der Waals surface area contributed by atoms with E-state index in [-0.39, 0.29) is 34.7 Å². The highest BCUT2D eigenvalue weighted by atomic mass is 32.2. The van der Waals surface area contributed by atoms with Gasteiger partial charge in [-0.25, -0.2) is 8.42 Å². The van der Waals surface area contributed by atoms with Gasteiger partial charge in [0.05, 0.1) is 24.9 Å². The summed E-state index contributed by atoms with van der Waals surface area (Å²) in [4.78, 5) is 23.4. The third-order valence-corrected chi connectivity index (χ3v) is 8.17. The van der Waals surface area contributed by atoms with Gasteiger partial charge in [-0.15, -0.1) is 0 Å². The Balaban J connectivity index is 1.84. The number of benzene rings is 2. The van der Waals surface area contributed by atoms with E-state index < -0.39 is 21.7 Å². The number of ketones is 2. The standard InChI is InChI=1S/C28H30N4O4S/c1-19(15-21(3)33)31-17-25(23-11-7-5-8-12-23)27(29-31)37(35,36)28-26(24-13-9-6-10-14-24)18-32(30-28)20(2)16-22(4)34/h5-16,25-26H,17-18H2,1-4H3/b19-15-,20-16-. The maximum atomic E-state index is 14.3. The summed E-state index contributed by atoms with van der Waals surface area (Å²) in [7, 11) is -4.13. The van der Waals surface area contributed by atoms with Gasteiger partial charge in [0.2, 0.25) is 9.84 Å². The van der Waals surface area contributed by atoms with Crippen LogP contribution in [-0.4, -0.2) is 53.2 Å². The van der Waals surface area contributed by atoms with Crippen LogP contribution in [0.15, 0.2) is 94.4 Å². The van der Waals surface area contributed by atoms with E-state index in [1.165, 1.54) is 26.0 Å². The van der Waals surface area contributed by atoms with Gasteiger partial charge in [-0.2, -0.15) is 10.2 Å². The summed E-state index contributed by atoms with van der Waals surface area (Å²) < 4.78 is 28.6. The first-order valence-electron chi connectivity index (χ1n) is 12.0. The van der Waals surface area contributed by atoms with Crippen molar-refractivity contribution in [2.24, 2.45) is 10.2 Å². The van der Waals surface area contributed by atoms with Crippen LogP contribution < -0.4 is 0 Å². The fraction of sp³-hybridized carbons (Fsp3) is 0.286. The van der Waals surface area contributed by atoms with Crippen molar-refractivity contribution in [1.82, 2.24) is 10.0 Å². The van der Waals surface area contributed by atoms with Crippen molar-refractivity contribution in [2.45, 2.75) is 39.5 Å². The summed E-state index contributed by atoms with van der Waals surface area (Å²) in [5, 5.41) is 12.2. The monoisotopic (exact) mass is 518 g/mol. The van der Waals surface area contributed by atoms with Gasteiger partial charge in [-0.1, -0.05) is 60.7 Å². The topological polar surface area (TPSA) is 99.5 Å². The Labute approximate surface area is 217 Å². The molecule has 37 heavy (non-hydrogen) atoms. The van der Waals surface area contributed by atoms with Crippen LogP contribution in [0.25, 0.3) is 0 Å². The number of rotatable bonds is 6. The number of hydrazone groups is 2. The summed E-state index contributed by atoms with van der Waals surface area (Å²) in [6, 6.07) is 18.7. The van der Waals surface area contributed by atoms with Gasteiger partial charge in [0.1, 0.15) is 0 Å². The third kappa shape index (κ3) is 5.61. The number of hydrogen-bond acceptors (Lipinski definition) is 8. The number of carbonyl (C=O) groups excluding carboxylic acids is 2. The van der Waals surface area contributed by atoms with Crippen LogP contribution in [0.5, 0.6) is 0 Å². The van der Waals surface area contributed by atoms with Gasteiger partial charge < -0.3 is 0 Å². The van der Waals surface area contributed by atoms with Crippen LogP contribution in [0.4, 0.5) is 0 Å². The first-order chi connectivity index (χ1) is 17.6. The van der Waals surface area contributed by atoms with Crippen LogP contribution in [0.1, 0.15) is 50.7 Å². The highest BCUT2D eigenvalue weighted by Gasteiger charge is 2.45. The van der Waals surface area contributed by atoms with E-state index in [0.717, 1.165) is 11.1 Å². The maximum Gasteiger partial charge on any atom is 0.238 e. The highest BCUT2D eigenvalue weighted by Crippen LogP contribution is 2.36. The second-order valence-electron chi connectivity index (χ2n) is 9.26. The summed E-state index contributed by atoms with van der Waals surface area (Å²) in [6.07, 6.45) is 2.89. The Bertz CT molecular complexity index is 1320. The highest BCUT2D eigenvalue weighted by molar-refractivity contribution is 8.19. The predicted molar refractivity (Wildman–Crippen MR) is 144 cm³/mol. The van der Waals surface area contributed by atoms with E-state index in [2.05, 4.69) is 10.2 Å². The molecule has 4 rings (SSSR count). The fourth-order valence-electron chi connectivity index (χ4n) is 4.60. The van der Waals surface area contributed by atoms with Crippen LogP contribution in [0.3, 0.4) is 0 Å². The molecule has 2 aliphatic heterocycles. The average molecular weight is 519 g/mol. The summed E-state index contributed by atoms with van der Waals surface area (Å²) >= 11 is 0. The molecule has 2 aliphatic rings. The lowest BCUT2D eigenvalue weighted by molar-refractivity contribution is -0.113. The molecule has 0 N–H and O–H groups in total. The molecule has 2 aromatic carbocycles. The molecule has 0 aliphatic carbocycles. The molecule has 0 saturated carbocycles. The number of nitrogens with zero attached hydrogens (tertiary/aromatic N) is 4. The molecule has 0 fully saturated rings. The SMILES string of the molecule is CC(=O)/C=C(/C)N1CC(c2ccccc2)C(S(=O)(=O)C2=NN(/C(C)=C\C(C)=O)CC2c2ccccc2)=N1. The van der Waals surface area contributed by atoms with Crippen LogP contribution in [-0.2, 0) is 19.4 Å². The number of hydrogen-bond donors (Lipinski definition) is 0. The smallest absolute Gasteiger partial charge is 0.238 e. The van der Waals surface area contributed by atoms with Crippen molar-refractivity contribution >= 4 is 31.5 Å². The second kappa shape index (κ2) is 10.6. The Hall–Kier alpha value is -3.85. The molecule has 0 bridgehead atoms. The minimum absolute atomic E-state index is 0.00951. The molecule has 2 aromatic rings. The molecule has 0 radical (unpaired) electrons. The molecule has 0 spiro atoms. The van der Waals surface area contributed by atoms with Crippen molar-refractivity contribution in [3.05, 3.63) is 95.3 Å². The molecule has 2 atom stereocenters. The Morgan fingerprint density at radius 2 is 1.05 bits per heavy atom.